The van der Waals surface area contributed by atoms with Gasteiger partial charge in [-0.2, -0.15) is 0 Å². The van der Waals surface area contributed by atoms with Crippen molar-refractivity contribution < 1.29 is 9.59 Å². The van der Waals surface area contributed by atoms with E-state index in [4.69, 9.17) is 17.3 Å². The summed E-state index contributed by atoms with van der Waals surface area (Å²) in [4.78, 5) is 25.2. The van der Waals surface area contributed by atoms with E-state index in [1.54, 1.807) is 23.1 Å². The van der Waals surface area contributed by atoms with Crippen LogP contribution in [0.1, 0.15) is 17.3 Å². The fraction of sp³-hybridized carbons (Fsp3) is 0.385. The predicted octanol–water partition coefficient (Wildman–Crippen LogP) is 2.30. The third kappa shape index (κ3) is 2.92. The maximum absolute atomic E-state index is 12.3. The van der Waals surface area contributed by atoms with Gasteiger partial charge in [0.1, 0.15) is 0 Å². The van der Waals surface area contributed by atoms with Gasteiger partial charge in [0, 0.05) is 23.1 Å². The molecule has 19 heavy (non-hydrogen) atoms. The van der Waals surface area contributed by atoms with Crippen LogP contribution < -0.4 is 5.73 Å². The van der Waals surface area contributed by atoms with Gasteiger partial charge in [0.05, 0.1) is 10.9 Å². The molecule has 0 radical (unpaired) electrons. The van der Waals surface area contributed by atoms with Crippen LogP contribution in [0.2, 0.25) is 5.02 Å². The highest BCUT2D eigenvalue weighted by Crippen LogP contribution is 2.27. The van der Waals surface area contributed by atoms with Crippen LogP contribution in [0, 0.1) is 11.8 Å². The summed E-state index contributed by atoms with van der Waals surface area (Å²) in [5, 5.41) is 0.490. The number of carbonyl (C=O) groups is 2. The third-order valence-corrected chi connectivity index (χ3v) is 4.66. The number of hydrogen-bond donors (Lipinski definition) is 1. The molecule has 0 unspecified atom stereocenters. The number of hydrogen-bond acceptors (Lipinski definition) is 2. The summed E-state index contributed by atoms with van der Waals surface area (Å²) in [7, 11) is 0. The minimum Gasteiger partial charge on any atom is -0.369 e. The van der Waals surface area contributed by atoms with Crippen molar-refractivity contribution in [2.24, 2.45) is 17.6 Å². The van der Waals surface area contributed by atoms with E-state index >= 15 is 0 Å². The molecule has 1 fully saturated rings. The maximum atomic E-state index is 12.3. The Morgan fingerprint density at radius 2 is 2.11 bits per heavy atom. The number of rotatable bonds is 2. The average Bonchev–Trinajstić information content (AvgIpc) is 2.74. The average molecular weight is 346 g/mol. The van der Waals surface area contributed by atoms with Crippen molar-refractivity contribution in [1.82, 2.24) is 4.90 Å². The lowest BCUT2D eigenvalue weighted by Crippen LogP contribution is -2.32. The number of halogens is 2. The molecule has 0 saturated carbocycles. The Hall–Kier alpha value is -1.07. The van der Waals surface area contributed by atoms with Crippen molar-refractivity contribution in [3.05, 3.63) is 33.3 Å². The highest BCUT2D eigenvalue weighted by atomic mass is 79.9. The Morgan fingerprint density at radius 1 is 1.42 bits per heavy atom. The molecule has 2 rings (SSSR count). The summed E-state index contributed by atoms with van der Waals surface area (Å²) in [6, 6.07) is 5.07. The topological polar surface area (TPSA) is 63.4 Å². The lowest BCUT2D eigenvalue weighted by atomic mass is 9.98. The zero-order valence-corrected chi connectivity index (χ0v) is 12.7. The van der Waals surface area contributed by atoms with Crippen molar-refractivity contribution in [3.8, 4) is 0 Å². The van der Waals surface area contributed by atoms with Crippen molar-refractivity contribution in [3.63, 3.8) is 0 Å². The number of primary amides is 1. The van der Waals surface area contributed by atoms with Gasteiger partial charge in [0.15, 0.2) is 0 Å². The van der Waals surface area contributed by atoms with E-state index in [9.17, 15) is 9.59 Å². The maximum Gasteiger partial charge on any atom is 0.253 e. The van der Waals surface area contributed by atoms with E-state index in [2.05, 4.69) is 15.9 Å². The minimum absolute atomic E-state index is 0.0902. The summed E-state index contributed by atoms with van der Waals surface area (Å²) in [5.41, 5.74) is 5.85. The van der Waals surface area contributed by atoms with E-state index in [0.29, 0.717) is 23.7 Å². The van der Waals surface area contributed by atoms with Crippen molar-refractivity contribution in [2.75, 3.05) is 13.1 Å². The van der Waals surface area contributed by atoms with Gasteiger partial charge in [-0.05, 0) is 40.0 Å². The molecular weight excluding hydrogens is 332 g/mol. The SMILES string of the molecule is C[C@@H]1CN(C(=O)c2ccc(Br)c(Cl)c2)C[C@H]1C(N)=O. The summed E-state index contributed by atoms with van der Waals surface area (Å²) in [6.07, 6.45) is 0. The van der Waals surface area contributed by atoms with Crippen LogP contribution in [-0.2, 0) is 4.79 Å². The molecule has 2 atom stereocenters. The molecule has 4 nitrogen and oxygen atoms in total. The summed E-state index contributed by atoms with van der Waals surface area (Å²) in [5.74, 6) is -0.649. The molecule has 0 spiro atoms. The number of carbonyl (C=O) groups excluding carboxylic acids is 2. The van der Waals surface area contributed by atoms with Gasteiger partial charge in [-0.3, -0.25) is 9.59 Å². The minimum atomic E-state index is -0.350. The first-order valence-electron chi connectivity index (χ1n) is 5.93. The smallest absolute Gasteiger partial charge is 0.253 e. The van der Waals surface area contributed by atoms with E-state index in [0.717, 1.165) is 4.47 Å². The first-order valence-corrected chi connectivity index (χ1v) is 7.11. The Bertz CT molecular complexity index is 535. The van der Waals surface area contributed by atoms with Crippen LogP contribution >= 0.6 is 27.5 Å². The number of nitrogens with two attached hydrogens (primary N) is 1. The Balaban J connectivity index is 2.17. The molecule has 1 aliphatic heterocycles. The third-order valence-electron chi connectivity index (χ3n) is 3.43. The lowest BCUT2D eigenvalue weighted by molar-refractivity contribution is -0.122. The van der Waals surface area contributed by atoms with Crippen LogP contribution in [0.15, 0.2) is 22.7 Å². The lowest BCUT2D eigenvalue weighted by Gasteiger charge is -2.16. The second-order valence-corrected chi connectivity index (χ2v) is 6.09. The molecule has 2 N–H and O–H groups in total. The van der Waals surface area contributed by atoms with Gasteiger partial charge in [-0.25, -0.2) is 0 Å². The Kier molecular flexibility index (Phi) is 4.16. The van der Waals surface area contributed by atoms with Gasteiger partial charge in [0.2, 0.25) is 5.91 Å². The largest absolute Gasteiger partial charge is 0.369 e. The summed E-state index contributed by atoms with van der Waals surface area (Å²) < 4.78 is 0.746. The van der Waals surface area contributed by atoms with Crippen LogP contribution in [0.4, 0.5) is 0 Å². The standard InChI is InChI=1S/C13H14BrClN2O2/c1-7-5-17(6-9(7)12(16)18)13(19)8-2-3-10(14)11(15)4-8/h2-4,7,9H,5-6H2,1H3,(H2,16,18)/t7-,9-/m1/s1. The fourth-order valence-corrected chi connectivity index (χ4v) is 2.74. The van der Waals surface area contributed by atoms with E-state index in [1.807, 2.05) is 6.92 Å². The molecule has 0 aromatic heterocycles. The summed E-state index contributed by atoms with van der Waals surface area (Å²) >= 11 is 9.26. The van der Waals surface area contributed by atoms with E-state index in [1.165, 1.54) is 0 Å². The zero-order chi connectivity index (χ0) is 14.2. The second-order valence-electron chi connectivity index (χ2n) is 4.83. The normalized spacial score (nSPS) is 22.6. The van der Waals surface area contributed by atoms with Crippen molar-refractivity contribution in [1.29, 1.82) is 0 Å². The predicted molar refractivity (Wildman–Crippen MR) is 76.9 cm³/mol. The van der Waals surface area contributed by atoms with Gasteiger partial charge in [-0.15, -0.1) is 0 Å². The molecule has 1 heterocycles. The van der Waals surface area contributed by atoms with Gasteiger partial charge in [-0.1, -0.05) is 18.5 Å². The molecule has 2 amide bonds. The Labute approximate surface area is 125 Å². The van der Waals surface area contributed by atoms with Crippen LogP contribution in [-0.4, -0.2) is 29.8 Å². The highest BCUT2D eigenvalue weighted by molar-refractivity contribution is 9.10. The van der Waals surface area contributed by atoms with Gasteiger partial charge < -0.3 is 10.6 Å². The monoisotopic (exact) mass is 344 g/mol. The molecule has 102 valence electrons. The number of nitrogens with zero attached hydrogens (tertiary/aromatic N) is 1. The van der Waals surface area contributed by atoms with E-state index < -0.39 is 0 Å². The van der Waals surface area contributed by atoms with Crippen molar-refractivity contribution in [2.45, 2.75) is 6.92 Å². The van der Waals surface area contributed by atoms with Crippen LogP contribution in [0.5, 0.6) is 0 Å². The summed E-state index contributed by atoms with van der Waals surface area (Å²) in [6.45, 7) is 2.85. The second kappa shape index (κ2) is 5.51. The number of likely N-dealkylation sites (tertiary alicyclic amines) is 1. The molecule has 1 aromatic rings. The Morgan fingerprint density at radius 3 is 2.63 bits per heavy atom. The first kappa shape index (κ1) is 14.3. The molecule has 1 saturated heterocycles. The molecular formula is C13H14BrClN2O2. The highest BCUT2D eigenvalue weighted by Gasteiger charge is 2.36. The van der Waals surface area contributed by atoms with Crippen LogP contribution in [0.3, 0.4) is 0 Å². The molecule has 1 aliphatic rings. The number of benzene rings is 1. The quantitative estimate of drug-likeness (QED) is 0.894. The zero-order valence-electron chi connectivity index (χ0n) is 10.4. The van der Waals surface area contributed by atoms with Gasteiger partial charge in [0.25, 0.3) is 5.91 Å². The molecule has 0 aliphatic carbocycles. The van der Waals surface area contributed by atoms with Gasteiger partial charge >= 0.3 is 0 Å². The number of amides is 2. The molecule has 0 bridgehead atoms. The van der Waals surface area contributed by atoms with Crippen LogP contribution in [0.25, 0.3) is 0 Å². The fourth-order valence-electron chi connectivity index (χ4n) is 2.31. The van der Waals surface area contributed by atoms with Crippen molar-refractivity contribution >= 4 is 39.3 Å². The molecule has 6 heteroatoms. The molecule has 1 aromatic carbocycles. The first-order chi connectivity index (χ1) is 8.90. The van der Waals surface area contributed by atoms with E-state index in [-0.39, 0.29) is 23.7 Å².